The minimum atomic E-state index is 0.0112. The summed E-state index contributed by atoms with van der Waals surface area (Å²) in [7, 11) is 1.67. The number of carbonyl (C=O) groups is 1. The average Bonchev–Trinajstić information content (AvgIpc) is 3.35. The summed E-state index contributed by atoms with van der Waals surface area (Å²) in [6, 6.07) is 23.6. The van der Waals surface area contributed by atoms with Gasteiger partial charge in [0.05, 0.1) is 18.1 Å². The van der Waals surface area contributed by atoms with Crippen LogP contribution in [0.1, 0.15) is 23.7 Å². The number of fused-ring (bicyclic) bond motifs is 1. The first kappa shape index (κ1) is 19.6. The molecule has 5 nitrogen and oxygen atoms in total. The molecule has 0 spiro atoms. The monoisotopic (exact) mass is 431 g/mol. The van der Waals surface area contributed by atoms with Gasteiger partial charge in [0.15, 0.2) is 0 Å². The van der Waals surface area contributed by atoms with Crippen LogP contribution in [0.3, 0.4) is 0 Å². The van der Waals surface area contributed by atoms with Gasteiger partial charge in [-0.3, -0.25) is 4.79 Å². The van der Waals surface area contributed by atoms with Crippen LogP contribution in [0, 0.1) is 0 Å². The van der Waals surface area contributed by atoms with E-state index in [1.165, 1.54) is 0 Å². The second-order valence-electron chi connectivity index (χ2n) is 7.78. The Labute approximate surface area is 185 Å². The molecule has 1 aromatic heterocycles. The zero-order chi connectivity index (χ0) is 21.4. The van der Waals surface area contributed by atoms with E-state index in [1.54, 1.807) is 7.11 Å². The summed E-state index contributed by atoms with van der Waals surface area (Å²) in [5, 5.41) is 0.625. The van der Waals surface area contributed by atoms with E-state index in [9.17, 15) is 4.79 Å². The Morgan fingerprint density at radius 3 is 2.65 bits per heavy atom. The van der Waals surface area contributed by atoms with Gasteiger partial charge in [0.2, 0.25) is 5.91 Å². The van der Waals surface area contributed by atoms with Crippen molar-refractivity contribution in [3.8, 4) is 5.75 Å². The number of hydrogen-bond donors (Lipinski definition) is 0. The van der Waals surface area contributed by atoms with Crippen molar-refractivity contribution in [3.05, 3.63) is 89.2 Å². The summed E-state index contributed by atoms with van der Waals surface area (Å²) in [5.74, 6) is 1.88. The number of nitrogens with zero attached hydrogens (tertiary/aromatic N) is 3. The fraction of sp³-hybridized carbons (Fsp3) is 0.200. The molecule has 1 unspecified atom stereocenters. The third-order valence-electron chi connectivity index (χ3n) is 5.79. The van der Waals surface area contributed by atoms with Crippen LogP contribution in [0.4, 0.5) is 5.69 Å². The molecule has 0 N–H and O–H groups in total. The number of halogens is 1. The number of amides is 1. The number of hydrogen-bond acceptors (Lipinski definition) is 3. The maximum absolute atomic E-state index is 12.9. The largest absolute Gasteiger partial charge is 0.497 e. The first-order valence-electron chi connectivity index (χ1n) is 10.3. The zero-order valence-corrected chi connectivity index (χ0v) is 17.9. The highest BCUT2D eigenvalue weighted by molar-refractivity contribution is 6.30. The van der Waals surface area contributed by atoms with E-state index in [1.807, 2.05) is 59.5 Å². The molecule has 31 heavy (non-hydrogen) atoms. The van der Waals surface area contributed by atoms with Gasteiger partial charge in [0, 0.05) is 36.1 Å². The molecule has 1 aliphatic heterocycles. The second kappa shape index (κ2) is 8.08. The van der Waals surface area contributed by atoms with Crippen molar-refractivity contribution in [2.24, 2.45) is 0 Å². The molecule has 6 heteroatoms. The number of rotatable bonds is 5. The van der Waals surface area contributed by atoms with Gasteiger partial charge >= 0.3 is 0 Å². The van der Waals surface area contributed by atoms with Crippen molar-refractivity contribution >= 4 is 34.2 Å². The molecule has 1 amide bonds. The molecular weight excluding hydrogens is 410 g/mol. The predicted molar refractivity (Wildman–Crippen MR) is 123 cm³/mol. The maximum atomic E-state index is 12.9. The van der Waals surface area contributed by atoms with Crippen LogP contribution in [0.25, 0.3) is 11.0 Å². The van der Waals surface area contributed by atoms with E-state index >= 15 is 0 Å². The van der Waals surface area contributed by atoms with E-state index in [0.29, 0.717) is 24.5 Å². The fourth-order valence-corrected chi connectivity index (χ4v) is 4.44. The smallest absolute Gasteiger partial charge is 0.227 e. The van der Waals surface area contributed by atoms with E-state index in [2.05, 4.69) is 22.8 Å². The lowest BCUT2D eigenvalue weighted by Gasteiger charge is -2.18. The molecule has 0 aliphatic carbocycles. The molecule has 156 valence electrons. The Morgan fingerprint density at radius 2 is 1.87 bits per heavy atom. The topological polar surface area (TPSA) is 47.4 Å². The van der Waals surface area contributed by atoms with Crippen molar-refractivity contribution in [2.45, 2.75) is 18.9 Å². The van der Waals surface area contributed by atoms with Gasteiger partial charge in [-0.15, -0.1) is 0 Å². The van der Waals surface area contributed by atoms with Crippen molar-refractivity contribution in [2.75, 3.05) is 18.6 Å². The fourth-order valence-electron chi connectivity index (χ4n) is 4.26. The SMILES string of the molecule is COc1ccc(Cn2c(C3CC(=O)N(c4cccc(Cl)c4)C3)nc3ccccc32)cc1. The van der Waals surface area contributed by atoms with Gasteiger partial charge in [-0.05, 0) is 48.0 Å². The number of benzene rings is 3. The molecule has 1 saturated heterocycles. The molecule has 1 fully saturated rings. The Kier molecular flexibility index (Phi) is 5.12. The number of methoxy groups -OCH3 is 1. The number of aromatic nitrogens is 2. The third-order valence-corrected chi connectivity index (χ3v) is 6.03. The summed E-state index contributed by atoms with van der Waals surface area (Å²) < 4.78 is 7.51. The van der Waals surface area contributed by atoms with E-state index in [0.717, 1.165) is 33.9 Å². The average molecular weight is 432 g/mol. The number of ether oxygens (including phenoxy) is 1. The number of anilines is 1. The van der Waals surface area contributed by atoms with Crippen molar-refractivity contribution in [3.63, 3.8) is 0 Å². The van der Waals surface area contributed by atoms with Gasteiger partial charge in [0.25, 0.3) is 0 Å². The molecule has 0 bridgehead atoms. The zero-order valence-electron chi connectivity index (χ0n) is 17.2. The van der Waals surface area contributed by atoms with Crippen molar-refractivity contribution in [1.29, 1.82) is 0 Å². The number of imidazole rings is 1. The molecule has 4 aromatic rings. The highest BCUT2D eigenvalue weighted by atomic mass is 35.5. The lowest BCUT2D eigenvalue weighted by Crippen LogP contribution is -2.24. The molecule has 0 radical (unpaired) electrons. The summed E-state index contributed by atoms with van der Waals surface area (Å²) in [6.07, 6.45) is 0.429. The number of para-hydroxylation sites is 2. The Bertz CT molecular complexity index is 1250. The van der Waals surface area contributed by atoms with Gasteiger partial charge in [-0.2, -0.15) is 0 Å². The number of carbonyl (C=O) groups excluding carboxylic acids is 1. The molecule has 0 saturated carbocycles. The lowest BCUT2D eigenvalue weighted by atomic mass is 10.1. The molecule has 3 aromatic carbocycles. The maximum Gasteiger partial charge on any atom is 0.227 e. The standard InChI is InChI=1S/C25H22ClN3O2/c1-31-21-11-9-17(10-12-21)15-29-23-8-3-2-7-22(23)27-25(29)18-13-24(30)28(16-18)20-6-4-5-19(26)14-20/h2-12,14,18H,13,15-16H2,1H3. The van der Waals surface area contributed by atoms with Gasteiger partial charge in [-0.1, -0.05) is 41.9 Å². The first-order chi connectivity index (χ1) is 15.1. The van der Waals surface area contributed by atoms with Gasteiger partial charge in [0.1, 0.15) is 11.6 Å². The van der Waals surface area contributed by atoms with Crippen molar-refractivity contribution in [1.82, 2.24) is 9.55 Å². The summed E-state index contributed by atoms with van der Waals surface area (Å²) in [5.41, 5.74) is 4.00. The molecule has 2 heterocycles. The summed E-state index contributed by atoms with van der Waals surface area (Å²) in [4.78, 5) is 19.6. The molecule has 5 rings (SSSR count). The minimum absolute atomic E-state index is 0.0112. The normalized spacial score (nSPS) is 16.3. The van der Waals surface area contributed by atoms with Crippen LogP contribution >= 0.6 is 11.6 Å². The van der Waals surface area contributed by atoms with Crippen LogP contribution in [-0.4, -0.2) is 29.1 Å². The van der Waals surface area contributed by atoms with Crippen molar-refractivity contribution < 1.29 is 9.53 Å². The van der Waals surface area contributed by atoms with Crippen LogP contribution in [0.5, 0.6) is 5.75 Å². The predicted octanol–water partition coefficient (Wildman–Crippen LogP) is 5.27. The summed E-state index contributed by atoms with van der Waals surface area (Å²) in [6.45, 7) is 1.27. The summed E-state index contributed by atoms with van der Waals surface area (Å²) >= 11 is 6.15. The van der Waals surface area contributed by atoms with Crippen LogP contribution < -0.4 is 9.64 Å². The third kappa shape index (κ3) is 3.77. The Hall–Kier alpha value is -3.31. The Morgan fingerprint density at radius 1 is 1.06 bits per heavy atom. The van der Waals surface area contributed by atoms with Crippen LogP contribution in [0.15, 0.2) is 72.8 Å². The molecule has 1 aliphatic rings. The highest BCUT2D eigenvalue weighted by Gasteiger charge is 2.35. The first-order valence-corrected chi connectivity index (χ1v) is 10.6. The van der Waals surface area contributed by atoms with E-state index < -0.39 is 0 Å². The van der Waals surface area contributed by atoms with Crippen LogP contribution in [0.2, 0.25) is 5.02 Å². The quantitative estimate of drug-likeness (QED) is 0.432. The minimum Gasteiger partial charge on any atom is -0.497 e. The highest BCUT2D eigenvalue weighted by Crippen LogP contribution is 2.34. The lowest BCUT2D eigenvalue weighted by molar-refractivity contribution is -0.117. The van der Waals surface area contributed by atoms with E-state index in [4.69, 9.17) is 21.3 Å². The van der Waals surface area contributed by atoms with Gasteiger partial charge < -0.3 is 14.2 Å². The molecule has 1 atom stereocenters. The molecular formula is C25H22ClN3O2. The van der Waals surface area contributed by atoms with Crippen LogP contribution in [-0.2, 0) is 11.3 Å². The Balaban J connectivity index is 1.51. The second-order valence-corrected chi connectivity index (χ2v) is 8.21. The van der Waals surface area contributed by atoms with E-state index in [-0.39, 0.29) is 11.8 Å². The van der Waals surface area contributed by atoms with Gasteiger partial charge in [-0.25, -0.2) is 4.98 Å².